The maximum absolute atomic E-state index is 14.6. The van der Waals surface area contributed by atoms with E-state index in [0.717, 1.165) is 27.1 Å². The SMILES string of the molecule is C=CCOC(=O)C(N1C(=O)[C@H](C(C)C)[C@H]1CC(=O)c1cccc(C(=O)NC)c1)=P(c1ccccc1)(c1ccccc1)c1ccccc1.C=CCOC(=O)C1=C(c2cccc(C(=O)NC)c2)C[C@@H]2[C@@H](C(C)C)C(=O)N12.CNC(=O)c1cccc(C2=C(C(=O)[O-])N3C(=O)[C@H]([C@@H](C)O)[C@H]3C2)c1.[Na+]. The molecule has 0 aromatic heterocycles. The van der Waals surface area contributed by atoms with Gasteiger partial charge < -0.3 is 55.1 Å². The molecule has 5 heterocycles. The normalized spacial score (nSPS) is 19.0. The Morgan fingerprint density at radius 2 is 0.949 bits per heavy atom. The predicted molar refractivity (Wildman–Crippen MR) is 373 cm³/mol. The number of nitrogens with one attached hydrogen (secondary N) is 3. The first-order chi connectivity index (χ1) is 47.0. The Balaban J connectivity index is 0.000000204. The Kier molecular flexibility index (Phi) is 25.0. The van der Waals surface area contributed by atoms with E-state index in [1.807, 2.05) is 125 Å². The summed E-state index contributed by atoms with van der Waals surface area (Å²) in [5, 5.41) is 31.6. The average Bonchev–Trinajstić information content (AvgIpc) is 1.28. The van der Waals surface area contributed by atoms with Crippen LogP contribution in [0.3, 0.4) is 0 Å². The van der Waals surface area contributed by atoms with E-state index in [1.165, 1.54) is 38.1 Å². The molecule has 508 valence electrons. The van der Waals surface area contributed by atoms with Gasteiger partial charge in [-0.1, -0.05) is 180 Å². The number of carboxylic acids is 1. The molecule has 3 saturated heterocycles. The van der Waals surface area contributed by atoms with E-state index in [2.05, 4.69) is 29.1 Å². The molecule has 6 aromatic carbocycles. The van der Waals surface area contributed by atoms with Crippen molar-refractivity contribution in [1.29, 1.82) is 0 Å². The minimum Gasteiger partial charge on any atom is -0.543 e. The van der Waals surface area contributed by atoms with Crippen LogP contribution >= 0.6 is 6.89 Å². The summed E-state index contributed by atoms with van der Waals surface area (Å²) < 4.78 is 11.1. The summed E-state index contributed by atoms with van der Waals surface area (Å²) in [5.41, 5.74) is 4.47. The van der Waals surface area contributed by atoms with Gasteiger partial charge in [-0.15, -0.1) is 0 Å². The second-order valence-corrected chi connectivity index (χ2v) is 28.2. The molecule has 0 unspecified atom stereocenters. The molecule has 4 N–H and O–H groups in total. The standard InChI is InChI=1S/C39H39N2O5P.C21H24N2O4.C17H18N2O5.Na/c1-5-24-46-39(45)38(47(30-18-9-6-10-19-30,31-20-11-7-12-21-31)32-22-13-8-14-23-32)41-33(35(27(2)3)37(41)44)26-34(42)28-16-15-17-29(25-28)36(43)40-4;1-5-9-27-21(26)18-15(11-16-17(12(2)3)20(25)23(16)18)13-7-6-8-14(10-13)19(24)22-4;1-8(20)13-12-7-11(14(17(23)24)19(12)16(13)22)9-4-3-5-10(6-9)15(21)18-2;/h5-23,25,27,33,35H,1,24,26H2,2-4H3,(H,40,43);5-8,10,12,16-17H,1,9,11H2,2-4H3,(H,22,24);3-6,8,12-13,20H,7H2,1-2H3,(H,18,21)(H,23,24);/q;;;+1/p-1/t33-,35-;16-,17-;8-,12-,13-;/m111./s1. The van der Waals surface area contributed by atoms with Crippen molar-refractivity contribution in [2.24, 2.45) is 29.6 Å². The zero-order valence-corrected chi connectivity index (χ0v) is 59.8. The third-order valence-corrected chi connectivity index (χ3v) is 22.6. The monoisotopic (exact) mass is 1370 g/mol. The number of ether oxygens (including phenoxy) is 2. The molecule has 99 heavy (non-hydrogen) atoms. The van der Waals surface area contributed by atoms with Gasteiger partial charge in [0.15, 0.2) is 5.78 Å². The van der Waals surface area contributed by atoms with Gasteiger partial charge in [-0.3, -0.25) is 33.6 Å². The molecule has 0 bridgehead atoms. The van der Waals surface area contributed by atoms with Crippen molar-refractivity contribution >= 4 is 98.5 Å². The van der Waals surface area contributed by atoms with Gasteiger partial charge in [-0.25, -0.2) is 9.59 Å². The number of fused-ring (bicyclic) bond motifs is 2. The topological polar surface area (TPSA) is 278 Å². The minimum atomic E-state index is -3.10. The molecule has 5 aliphatic rings. The van der Waals surface area contributed by atoms with Gasteiger partial charge in [0.1, 0.15) is 24.3 Å². The summed E-state index contributed by atoms with van der Waals surface area (Å²) in [6, 6.07) is 48.4. The van der Waals surface area contributed by atoms with Crippen molar-refractivity contribution in [2.75, 3.05) is 34.4 Å². The largest absolute Gasteiger partial charge is 1.00 e. The van der Waals surface area contributed by atoms with Crippen LogP contribution < -0.4 is 66.5 Å². The van der Waals surface area contributed by atoms with Gasteiger partial charge in [-0.2, -0.15) is 0 Å². The number of carbonyl (C=O) groups is 10. The number of hydrogen-bond acceptors (Lipinski definition) is 14. The number of aliphatic carboxylic acids is 1. The smallest absolute Gasteiger partial charge is 0.543 e. The van der Waals surface area contributed by atoms with Gasteiger partial charge >= 0.3 is 41.5 Å². The number of esters is 2. The molecule has 11 rings (SSSR count). The van der Waals surface area contributed by atoms with Gasteiger partial charge in [-0.05, 0) is 106 Å². The third kappa shape index (κ3) is 14.9. The van der Waals surface area contributed by atoms with E-state index in [0.29, 0.717) is 46.2 Å². The van der Waals surface area contributed by atoms with Crippen LogP contribution in [0.2, 0.25) is 0 Å². The molecule has 6 aromatic rings. The Hall–Kier alpha value is -9.56. The molecule has 0 spiro atoms. The number of carboxylic acid groups (broad SMARTS) is 1. The first-order valence-electron chi connectivity index (χ1n) is 32.4. The number of nitrogens with zero attached hydrogens (tertiary/aromatic N) is 3. The average molecular weight is 1370 g/mol. The summed E-state index contributed by atoms with van der Waals surface area (Å²) in [6.07, 6.45) is 2.98. The number of aliphatic hydroxyl groups excluding tert-OH is 1. The van der Waals surface area contributed by atoms with Crippen molar-refractivity contribution in [3.05, 3.63) is 234 Å². The fourth-order valence-electron chi connectivity index (χ4n) is 13.8. The third-order valence-electron chi connectivity index (χ3n) is 18.3. The van der Waals surface area contributed by atoms with Crippen LogP contribution in [0.4, 0.5) is 0 Å². The van der Waals surface area contributed by atoms with Crippen molar-refractivity contribution in [1.82, 2.24) is 30.7 Å². The van der Waals surface area contributed by atoms with E-state index in [9.17, 15) is 58.2 Å². The summed E-state index contributed by atoms with van der Waals surface area (Å²) in [6.45, 7) is 13.7. The van der Waals surface area contributed by atoms with Crippen LogP contribution in [-0.2, 0) is 38.2 Å². The molecular formula is C77H80N6NaO14P. The molecule has 6 amide bonds. The summed E-state index contributed by atoms with van der Waals surface area (Å²) in [5.74, 6) is -5.43. The maximum Gasteiger partial charge on any atom is 1.00 e. The Morgan fingerprint density at radius 1 is 0.545 bits per heavy atom. The van der Waals surface area contributed by atoms with Crippen LogP contribution in [0.15, 0.2) is 200 Å². The number of β-lactam (4-membered cyclic amide) rings is 3. The minimum absolute atomic E-state index is 0. The van der Waals surface area contributed by atoms with Crippen LogP contribution in [-0.4, -0.2) is 143 Å². The fourth-order valence-corrected chi connectivity index (χ4v) is 18.2. The molecule has 20 nitrogen and oxygen atoms in total. The second-order valence-electron chi connectivity index (χ2n) is 24.9. The quantitative estimate of drug-likeness (QED) is 0.0189. The van der Waals surface area contributed by atoms with Gasteiger partial charge in [0, 0.05) is 56.7 Å². The van der Waals surface area contributed by atoms with Crippen molar-refractivity contribution in [3.63, 3.8) is 0 Å². The van der Waals surface area contributed by atoms with E-state index < -0.39 is 54.7 Å². The number of benzene rings is 6. The van der Waals surface area contributed by atoms with E-state index in [-0.39, 0.29) is 131 Å². The zero-order chi connectivity index (χ0) is 70.9. The Morgan fingerprint density at radius 3 is 1.38 bits per heavy atom. The van der Waals surface area contributed by atoms with Crippen LogP contribution in [0, 0.1) is 29.6 Å². The van der Waals surface area contributed by atoms with Crippen molar-refractivity contribution in [3.8, 4) is 0 Å². The zero-order valence-electron chi connectivity index (χ0n) is 56.9. The molecular weight excluding hydrogens is 1290 g/mol. The van der Waals surface area contributed by atoms with Gasteiger partial charge in [0.05, 0.1) is 53.6 Å². The van der Waals surface area contributed by atoms with Gasteiger partial charge in [0.25, 0.3) is 17.7 Å². The summed E-state index contributed by atoms with van der Waals surface area (Å²) in [7, 11) is 4.61. The maximum atomic E-state index is 14.6. The van der Waals surface area contributed by atoms with Crippen molar-refractivity contribution < 1.29 is 97.2 Å². The summed E-state index contributed by atoms with van der Waals surface area (Å²) in [4.78, 5) is 132. The first kappa shape index (κ1) is 75.2. The number of rotatable bonds is 22. The number of aliphatic hydroxyl groups is 1. The van der Waals surface area contributed by atoms with E-state index in [4.69, 9.17) is 9.47 Å². The van der Waals surface area contributed by atoms with Crippen molar-refractivity contribution in [2.45, 2.75) is 78.1 Å². The number of Topliss-reactive ketones (excluding diaryl/α,β-unsaturated/α-hetero) is 1. The van der Waals surface area contributed by atoms with Gasteiger partial charge in [0.2, 0.25) is 17.7 Å². The number of amides is 6. The Bertz CT molecular complexity index is 4160. The molecule has 7 atom stereocenters. The number of ketones is 1. The Labute approximate surface area is 598 Å². The van der Waals surface area contributed by atoms with Crippen LogP contribution in [0.25, 0.3) is 11.1 Å². The van der Waals surface area contributed by atoms with E-state index in [1.54, 1.807) is 83.6 Å². The first-order valence-corrected chi connectivity index (χ1v) is 34.2. The molecule has 0 saturated carbocycles. The van der Waals surface area contributed by atoms with E-state index >= 15 is 0 Å². The molecule has 22 heteroatoms. The second kappa shape index (κ2) is 32.9. The predicted octanol–water partition coefficient (Wildman–Crippen LogP) is 3.45. The van der Waals surface area contributed by atoms with Crippen LogP contribution in [0.1, 0.15) is 106 Å². The molecule has 3 fully saturated rings. The fraction of sp³-hybridized carbons (Fsp3) is 0.286. The molecule has 5 aliphatic heterocycles. The molecule has 0 radical (unpaired) electrons. The molecule has 0 aliphatic carbocycles. The number of carbonyl (C=O) groups excluding carboxylic acids is 10. The number of likely N-dealkylation sites (tertiary alicyclic amines) is 1. The summed E-state index contributed by atoms with van der Waals surface area (Å²) >= 11 is 0. The number of hydrogen-bond donors (Lipinski definition) is 4. The van der Waals surface area contributed by atoms with Crippen LogP contribution in [0.5, 0.6) is 0 Å².